The molecule has 0 unspecified atom stereocenters. The number of halogens is 1. The van der Waals surface area contributed by atoms with Crippen LogP contribution in [0.2, 0.25) is 5.02 Å². The maximum atomic E-state index is 6.49. The largest absolute Gasteiger partial charge is 0.497 e. The molecule has 3 N–H and O–H groups in total. The smallest absolute Gasteiger partial charge is 0.189 e. The van der Waals surface area contributed by atoms with Crippen LogP contribution in [-0.2, 0) is 0 Å². The lowest BCUT2D eigenvalue weighted by atomic mass is 10.0. The third-order valence-electron chi connectivity index (χ3n) is 3.62. The first kappa shape index (κ1) is 17.5. The number of fused-ring (bicyclic) bond motifs is 1. The Labute approximate surface area is 153 Å². The third-order valence-corrected chi connectivity index (χ3v) is 4.58. The molecule has 0 bridgehead atoms. The van der Waals surface area contributed by atoms with E-state index in [0.717, 1.165) is 5.39 Å². The van der Waals surface area contributed by atoms with Crippen molar-refractivity contribution in [2.75, 3.05) is 25.9 Å². The van der Waals surface area contributed by atoms with Crippen molar-refractivity contribution >= 4 is 40.2 Å². The number of nitrogens with two attached hydrogens (primary N) is 1. The topological polar surface area (TPSA) is 95.2 Å². The highest BCUT2D eigenvalue weighted by molar-refractivity contribution is 7.98. The minimum absolute atomic E-state index is 0.433. The number of anilines is 1. The van der Waals surface area contributed by atoms with Gasteiger partial charge in [0, 0.05) is 28.8 Å². The van der Waals surface area contributed by atoms with E-state index in [0.29, 0.717) is 44.3 Å². The van der Waals surface area contributed by atoms with Crippen molar-refractivity contribution in [3.05, 3.63) is 29.4 Å². The first-order chi connectivity index (χ1) is 12.1. The molecule has 0 amide bonds. The van der Waals surface area contributed by atoms with Crippen LogP contribution in [0.25, 0.3) is 22.2 Å². The molecule has 2 heterocycles. The molecule has 0 atom stereocenters. The molecule has 0 aliphatic rings. The van der Waals surface area contributed by atoms with Crippen LogP contribution in [-0.4, -0.2) is 35.4 Å². The molecule has 0 aliphatic heterocycles. The van der Waals surface area contributed by atoms with Gasteiger partial charge in [-0.05, 0) is 18.4 Å². The summed E-state index contributed by atoms with van der Waals surface area (Å²) in [6.07, 6.45) is 3.62. The molecule has 2 aromatic heterocycles. The molecule has 0 aliphatic carbocycles. The quantitative estimate of drug-likeness (QED) is 0.302. The van der Waals surface area contributed by atoms with E-state index >= 15 is 0 Å². The number of hydrogen-bond acceptors (Lipinski definition) is 8. The summed E-state index contributed by atoms with van der Waals surface area (Å²) in [5.74, 6) is 7.21. The van der Waals surface area contributed by atoms with Gasteiger partial charge in [0.25, 0.3) is 0 Å². The van der Waals surface area contributed by atoms with Crippen LogP contribution in [0.1, 0.15) is 0 Å². The van der Waals surface area contributed by atoms with Crippen LogP contribution in [0.15, 0.2) is 29.6 Å². The van der Waals surface area contributed by atoms with Crippen LogP contribution >= 0.6 is 23.4 Å². The molecule has 0 saturated heterocycles. The number of methoxy groups -OCH3 is 2. The summed E-state index contributed by atoms with van der Waals surface area (Å²) in [4.78, 5) is 13.2. The highest BCUT2D eigenvalue weighted by Crippen LogP contribution is 2.41. The Kier molecular flexibility index (Phi) is 5.12. The van der Waals surface area contributed by atoms with Crippen LogP contribution in [0.3, 0.4) is 0 Å². The summed E-state index contributed by atoms with van der Waals surface area (Å²) in [5.41, 5.74) is 4.52. The summed E-state index contributed by atoms with van der Waals surface area (Å²) in [6.45, 7) is 0. The molecule has 0 radical (unpaired) electrons. The van der Waals surface area contributed by atoms with E-state index in [1.54, 1.807) is 32.5 Å². The summed E-state index contributed by atoms with van der Waals surface area (Å²) >= 11 is 7.93. The average molecular weight is 378 g/mol. The summed E-state index contributed by atoms with van der Waals surface area (Å²) in [6, 6.07) is 5.39. The van der Waals surface area contributed by atoms with Gasteiger partial charge in [0.15, 0.2) is 10.8 Å². The monoisotopic (exact) mass is 377 g/mol. The van der Waals surface area contributed by atoms with Crippen molar-refractivity contribution in [3.8, 4) is 22.6 Å². The Balaban J connectivity index is 2.27. The maximum Gasteiger partial charge on any atom is 0.189 e. The van der Waals surface area contributed by atoms with Crippen LogP contribution in [0, 0.1) is 0 Å². The van der Waals surface area contributed by atoms with Gasteiger partial charge in [-0.3, -0.25) is 0 Å². The molecule has 0 fully saturated rings. The van der Waals surface area contributed by atoms with Gasteiger partial charge in [0.05, 0.1) is 19.2 Å². The van der Waals surface area contributed by atoms with Gasteiger partial charge in [0.1, 0.15) is 17.3 Å². The normalized spacial score (nSPS) is 10.8. The number of nitrogen functional groups attached to an aromatic ring is 1. The van der Waals surface area contributed by atoms with Gasteiger partial charge in [-0.25, -0.2) is 20.8 Å². The lowest BCUT2D eigenvalue weighted by molar-refractivity contribution is 0.395. The fourth-order valence-corrected chi connectivity index (χ4v) is 3.02. The first-order valence-electron chi connectivity index (χ1n) is 7.21. The number of hydrogen-bond donors (Lipinski definition) is 2. The molecule has 0 spiro atoms. The molecule has 9 heteroatoms. The molecule has 1 aromatic carbocycles. The van der Waals surface area contributed by atoms with E-state index < -0.39 is 0 Å². The minimum atomic E-state index is 0.433. The van der Waals surface area contributed by atoms with Crippen molar-refractivity contribution in [2.24, 2.45) is 5.84 Å². The van der Waals surface area contributed by atoms with Gasteiger partial charge in [-0.15, -0.1) is 0 Å². The van der Waals surface area contributed by atoms with Gasteiger partial charge in [-0.2, -0.15) is 0 Å². The Morgan fingerprint density at radius 1 is 1.12 bits per heavy atom. The lowest BCUT2D eigenvalue weighted by Crippen LogP contribution is -2.10. The summed E-state index contributed by atoms with van der Waals surface area (Å²) in [5, 5.41) is 1.84. The highest BCUT2D eigenvalue weighted by atomic mass is 35.5. The summed E-state index contributed by atoms with van der Waals surface area (Å²) < 4.78 is 10.7. The molecule has 3 rings (SSSR count). The number of nitrogens with zero attached hydrogens (tertiary/aromatic N) is 3. The predicted molar refractivity (Wildman–Crippen MR) is 100 cm³/mol. The van der Waals surface area contributed by atoms with E-state index in [1.165, 1.54) is 11.8 Å². The van der Waals surface area contributed by atoms with Crippen molar-refractivity contribution in [2.45, 2.75) is 5.16 Å². The SMILES string of the molecule is COc1cc(OC)c(Cl)c(-c2cc3cnc(SC)nc3nc2NN)c1. The van der Waals surface area contributed by atoms with E-state index in [4.69, 9.17) is 26.9 Å². The number of nitrogens with one attached hydrogen (secondary N) is 1. The number of thioether (sulfide) groups is 1. The highest BCUT2D eigenvalue weighted by Gasteiger charge is 2.17. The van der Waals surface area contributed by atoms with Crippen LogP contribution in [0.4, 0.5) is 5.82 Å². The molecule has 130 valence electrons. The molecule has 7 nitrogen and oxygen atoms in total. The Morgan fingerprint density at radius 2 is 1.92 bits per heavy atom. The van der Waals surface area contributed by atoms with Gasteiger partial charge >= 0.3 is 0 Å². The molecular weight excluding hydrogens is 362 g/mol. The number of ether oxygens (including phenoxy) is 2. The van der Waals surface area contributed by atoms with Gasteiger partial charge < -0.3 is 14.9 Å². The molecular formula is C16H16ClN5O2S. The fraction of sp³-hybridized carbons (Fsp3) is 0.188. The fourth-order valence-electron chi connectivity index (χ4n) is 2.40. The maximum absolute atomic E-state index is 6.49. The zero-order valence-electron chi connectivity index (χ0n) is 13.8. The van der Waals surface area contributed by atoms with Crippen LogP contribution in [0.5, 0.6) is 11.5 Å². The zero-order valence-corrected chi connectivity index (χ0v) is 15.4. The van der Waals surface area contributed by atoms with E-state index in [1.807, 2.05) is 12.3 Å². The van der Waals surface area contributed by atoms with Crippen LogP contribution < -0.4 is 20.7 Å². The number of hydrazine groups is 1. The van der Waals surface area contributed by atoms with E-state index in [9.17, 15) is 0 Å². The van der Waals surface area contributed by atoms with E-state index in [-0.39, 0.29) is 0 Å². The second-order valence-electron chi connectivity index (χ2n) is 4.99. The molecule has 0 saturated carbocycles. The van der Waals surface area contributed by atoms with Crippen molar-refractivity contribution in [1.82, 2.24) is 15.0 Å². The number of benzene rings is 1. The number of pyridine rings is 1. The average Bonchev–Trinajstić information content (AvgIpc) is 2.66. The molecule has 25 heavy (non-hydrogen) atoms. The lowest BCUT2D eigenvalue weighted by Gasteiger charge is -2.15. The second-order valence-corrected chi connectivity index (χ2v) is 6.14. The second kappa shape index (κ2) is 7.30. The Hall–Kier alpha value is -2.29. The van der Waals surface area contributed by atoms with Gasteiger partial charge in [0.2, 0.25) is 0 Å². The minimum Gasteiger partial charge on any atom is -0.497 e. The Morgan fingerprint density at radius 3 is 2.56 bits per heavy atom. The Bertz CT molecular complexity index is 938. The van der Waals surface area contributed by atoms with Crippen molar-refractivity contribution in [3.63, 3.8) is 0 Å². The molecule has 3 aromatic rings. The number of aromatic nitrogens is 3. The first-order valence-corrected chi connectivity index (χ1v) is 8.81. The standard InChI is InChI=1S/C16H16ClN5O2S/c1-23-9-5-10(13(17)12(6-9)24-2)11-4-8-7-19-16(25-3)21-14(8)20-15(11)22-18/h4-7H,18H2,1-3H3,(H,19,20,21,22). The third kappa shape index (κ3) is 3.28. The zero-order chi connectivity index (χ0) is 18.0. The summed E-state index contributed by atoms with van der Waals surface area (Å²) in [7, 11) is 3.12. The van der Waals surface area contributed by atoms with E-state index in [2.05, 4.69) is 20.4 Å². The van der Waals surface area contributed by atoms with Gasteiger partial charge in [-0.1, -0.05) is 23.4 Å². The number of rotatable bonds is 5. The van der Waals surface area contributed by atoms with Crippen molar-refractivity contribution < 1.29 is 9.47 Å². The van der Waals surface area contributed by atoms with Crippen molar-refractivity contribution in [1.29, 1.82) is 0 Å². The predicted octanol–water partition coefficient (Wildman–Crippen LogP) is 3.37.